The molecule has 2 rings (SSSR count). The molecule has 7 heteroatoms. The number of halogens is 4. The van der Waals surface area contributed by atoms with Crippen molar-refractivity contribution in [3.8, 4) is 0 Å². The fraction of sp³-hybridized carbons (Fsp3) is 0.333. The zero-order valence-corrected chi connectivity index (χ0v) is 13.3. The van der Waals surface area contributed by atoms with Crippen molar-refractivity contribution in [3.05, 3.63) is 35.4 Å². The maximum absolute atomic E-state index is 13.8. The Hall–Kier alpha value is -0.820. The Morgan fingerprint density at radius 2 is 2.05 bits per heavy atom. The molecule has 0 aromatic heterocycles. The number of hydrogen-bond acceptors (Lipinski definition) is 2. The van der Waals surface area contributed by atoms with Gasteiger partial charge in [-0.25, -0.2) is 13.8 Å². The van der Waals surface area contributed by atoms with Gasteiger partial charge in [0, 0.05) is 18.7 Å². The van der Waals surface area contributed by atoms with Crippen LogP contribution in [0.15, 0.2) is 23.3 Å². The molecule has 19 heavy (non-hydrogen) atoms. The number of carbonyl (C=O) groups excluding carboxylic acids is 1. The number of hydrogen-bond donors (Lipinski definition) is 0. The highest BCUT2D eigenvalue weighted by atomic mass is 79.9. The number of benzene rings is 1. The molecule has 0 fully saturated rings. The van der Waals surface area contributed by atoms with Crippen LogP contribution in [0.3, 0.4) is 0 Å². The van der Waals surface area contributed by atoms with Crippen molar-refractivity contribution < 1.29 is 13.6 Å². The van der Waals surface area contributed by atoms with E-state index in [1.54, 1.807) is 6.92 Å². The molecule has 3 nitrogen and oxygen atoms in total. The van der Waals surface area contributed by atoms with Crippen LogP contribution in [0.25, 0.3) is 0 Å². The first-order chi connectivity index (χ1) is 8.78. The van der Waals surface area contributed by atoms with Gasteiger partial charge >= 0.3 is 0 Å². The molecule has 2 unspecified atom stereocenters. The third-order valence-corrected chi connectivity index (χ3v) is 6.18. The van der Waals surface area contributed by atoms with Crippen molar-refractivity contribution >= 4 is 43.5 Å². The van der Waals surface area contributed by atoms with Gasteiger partial charge in [-0.05, 0) is 13.0 Å². The molecule has 0 radical (unpaired) electrons. The smallest absolute Gasteiger partial charge is 0.266 e. The highest BCUT2D eigenvalue weighted by molar-refractivity contribution is 9.13. The molecule has 0 spiro atoms. The number of hydrazone groups is 1. The van der Waals surface area contributed by atoms with Crippen molar-refractivity contribution in [3.63, 3.8) is 0 Å². The fourth-order valence-electron chi connectivity index (χ4n) is 1.95. The molecule has 0 saturated carbocycles. The minimum atomic E-state index is -1.17. The van der Waals surface area contributed by atoms with E-state index < -0.39 is 20.8 Å². The number of amides is 1. The second-order valence-electron chi connectivity index (χ2n) is 4.25. The van der Waals surface area contributed by atoms with Crippen LogP contribution in [-0.4, -0.2) is 28.0 Å². The third kappa shape index (κ3) is 2.23. The third-order valence-electron chi connectivity index (χ3n) is 3.02. The van der Waals surface area contributed by atoms with Gasteiger partial charge in [0.15, 0.2) is 4.32 Å². The van der Waals surface area contributed by atoms with Crippen molar-refractivity contribution in [2.75, 3.05) is 7.05 Å². The molecule has 2 atom stereocenters. The summed E-state index contributed by atoms with van der Waals surface area (Å²) in [5.74, 6) is -1.68. The van der Waals surface area contributed by atoms with E-state index in [2.05, 4.69) is 37.0 Å². The van der Waals surface area contributed by atoms with Crippen molar-refractivity contribution in [2.45, 2.75) is 16.1 Å². The predicted molar refractivity (Wildman–Crippen MR) is 75.6 cm³/mol. The van der Waals surface area contributed by atoms with E-state index in [1.165, 1.54) is 18.1 Å². The van der Waals surface area contributed by atoms with Gasteiger partial charge in [0.1, 0.15) is 11.6 Å². The molecule has 1 aliphatic heterocycles. The largest absolute Gasteiger partial charge is 0.271 e. The van der Waals surface area contributed by atoms with E-state index in [-0.39, 0.29) is 11.5 Å². The molecule has 1 aliphatic rings. The second kappa shape index (κ2) is 4.94. The highest BCUT2D eigenvalue weighted by Gasteiger charge is 2.52. The summed E-state index contributed by atoms with van der Waals surface area (Å²) in [6.07, 6.45) is 0. The van der Waals surface area contributed by atoms with Crippen LogP contribution in [0.5, 0.6) is 0 Å². The second-order valence-corrected chi connectivity index (χ2v) is 6.42. The SMILES string of the molecule is CC1=NN(C)C(=O)C1(Br)C(Br)c1ccc(F)cc1F. The normalized spacial score (nSPS) is 24.6. The minimum absolute atomic E-state index is 0.191. The van der Waals surface area contributed by atoms with Crippen LogP contribution in [0.1, 0.15) is 17.3 Å². The Kier molecular flexibility index (Phi) is 3.79. The van der Waals surface area contributed by atoms with E-state index in [4.69, 9.17) is 0 Å². The molecular weight excluding hydrogens is 386 g/mol. The van der Waals surface area contributed by atoms with Gasteiger partial charge in [-0.15, -0.1) is 0 Å². The minimum Gasteiger partial charge on any atom is -0.271 e. The van der Waals surface area contributed by atoms with Gasteiger partial charge in [0.25, 0.3) is 5.91 Å². The lowest BCUT2D eigenvalue weighted by atomic mass is 9.94. The Morgan fingerprint density at radius 1 is 1.42 bits per heavy atom. The van der Waals surface area contributed by atoms with Gasteiger partial charge in [-0.2, -0.15) is 5.10 Å². The molecule has 0 N–H and O–H groups in total. The molecule has 0 aliphatic carbocycles. The first kappa shape index (κ1) is 14.6. The Bertz CT molecular complexity index is 579. The number of nitrogens with zero attached hydrogens (tertiary/aromatic N) is 2. The number of rotatable bonds is 2. The average Bonchev–Trinajstić information content (AvgIpc) is 2.53. The first-order valence-corrected chi connectivity index (χ1v) is 7.11. The molecule has 0 saturated heterocycles. The summed E-state index contributed by atoms with van der Waals surface area (Å²) in [6.45, 7) is 1.67. The summed E-state index contributed by atoms with van der Waals surface area (Å²) in [4.78, 5) is 11.5. The number of carbonyl (C=O) groups is 1. The maximum Gasteiger partial charge on any atom is 0.266 e. The van der Waals surface area contributed by atoms with E-state index >= 15 is 0 Å². The van der Waals surface area contributed by atoms with Crippen LogP contribution in [-0.2, 0) is 4.79 Å². The van der Waals surface area contributed by atoms with Gasteiger partial charge in [0.2, 0.25) is 0 Å². The van der Waals surface area contributed by atoms with Gasteiger partial charge in [0.05, 0.1) is 10.5 Å². The molecule has 1 aromatic rings. The highest BCUT2D eigenvalue weighted by Crippen LogP contribution is 2.46. The summed E-state index contributed by atoms with van der Waals surface area (Å²) < 4.78 is 25.6. The van der Waals surface area contributed by atoms with E-state index in [0.29, 0.717) is 5.71 Å². The Balaban J connectivity index is 2.47. The van der Waals surface area contributed by atoms with Crippen LogP contribution >= 0.6 is 31.9 Å². The topological polar surface area (TPSA) is 32.7 Å². The van der Waals surface area contributed by atoms with Crippen LogP contribution in [0.4, 0.5) is 8.78 Å². The summed E-state index contributed by atoms with van der Waals surface area (Å²) >= 11 is 6.66. The lowest BCUT2D eigenvalue weighted by Crippen LogP contribution is -2.42. The van der Waals surface area contributed by atoms with Gasteiger partial charge in [-0.1, -0.05) is 37.9 Å². The molecule has 102 valence electrons. The summed E-state index contributed by atoms with van der Waals surface area (Å²) in [5.41, 5.74) is 0.696. The average molecular weight is 396 g/mol. The van der Waals surface area contributed by atoms with E-state index in [0.717, 1.165) is 12.1 Å². The molecule has 1 amide bonds. The number of alkyl halides is 2. The predicted octanol–water partition coefficient (Wildman–Crippen LogP) is 3.38. The zero-order valence-electron chi connectivity index (χ0n) is 10.1. The summed E-state index contributed by atoms with van der Waals surface area (Å²) in [6, 6.07) is 3.25. The lowest BCUT2D eigenvalue weighted by Gasteiger charge is -2.27. The summed E-state index contributed by atoms with van der Waals surface area (Å²) in [7, 11) is 1.52. The van der Waals surface area contributed by atoms with Crippen molar-refractivity contribution in [1.29, 1.82) is 0 Å². The Morgan fingerprint density at radius 3 is 2.53 bits per heavy atom. The van der Waals surface area contributed by atoms with Crippen molar-refractivity contribution in [1.82, 2.24) is 5.01 Å². The van der Waals surface area contributed by atoms with Gasteiger partial charge in [-0.3, -0.25) is 4.79 Å². The van der Waals surface area contributed by atoms with Crippen LogP contribution < -0.4 is 0 Å². The molecular formula is C12H10Br2F2N2O. The van der Waals surface area contributed by atoms with Crippen molar-refractivity contribution in [2.24, 2.45) is 5.10 Å². The van der Waals surface area contributed by atoms with E-state index in [9.17, 15) is 13.6 Å². The fourth-order valence-corrected chi connectivity index (χ4v) is 3.43. The maximum atomic E-state index is 13.8. The van der Waals surface area contributed by atoms with E-state index in [1.807, 2.05) is 0 Å². The molecule has 1 heterocycles. The zero-order chi connectivity index (χ0) is 14.4. The first-order valence-electron chi connectivity index (χ1n) is 5.40. The van der Waals surface area contributed by atoms with Gasteiger partial charge < -0.3 is 0 Å². The van der Waals surface area contributed by atoms with Crippen LogP contribution in [0, 0.1) is 11.6 Å². The Labute approximate surface area is 125 Å². The lowest BCUT2D eigenvalue weighted by molar-refractivity contribution is -0.129. The molecule has 0 bridgehead atoms. The summed E-state index contributed by atoms with van der Waals surface area (Å²) in [5, 5.41) is 5.24. The standard InChI is InChI=1S/C12H10Br2F2N2O/c1-6-12(14,11(19)18(2)17-6)10(13)8-4-3-7(15)5-9(8)16/h3-5,10H,1-2H3. The quantitative estimate of drug-likeness (QED) is 0.706. The monoisotopic (exact) mass is 394 g/mol. The molecule has 1 aromatic carbocycles. The van der Waals surface area contributed by atoms with Crippen LogP contribution in [0.2, 0.25) is 0 Å².